The van der Waals surface area contributed by atoms with E-state index in [0.29, 0.717) is 13.1 Å². The number of nitrogens with zero attached hydrogens (tertiary/aromatic N) is 2. The summed E-state index contributed by atoms with van der Waals surface area (Å²) < 4.78 is 0. The fourth-order valence-electron chi connectivity index (χ4n) is 1.59. The van der Waals surface area contributed by atoms with E-state index in [1.807, 2.05) is 6.92 Å². The van der Waals surface area contributed by atoms with Crippen molar-refractivity contribution in [2.75, 3.05) is 13.1 Å². The van der Waals surface area contributed by atoms with Gasteiger partial charge in [-0.3, -0.25) is 9.59 Å². The summed E-state index contributed by atoms with van der Waals surface area (Å²) in [5, 5.41) is 5.88. The smallest absolute Gasteiger partial charge is 0.274 e. The third kappa shape index (κ3) is 1.89. The summed E-state index contributed by atoms with van der Waals surface area (Å²) in [5.41, 5.74) is 5.41. The number of hydrogen-bond acceptors (Lipinski definition) is 4. The molecule has 0 spiro atoms. The Hall–Kier alpha value is -1.69. The van der Waals surface area contributed by atoms with Crippen LogP contribution in [0.1, 0.15) is 17.4 Å². The van der Waals surface area contributed by atoms with Crippen LogP contribution in [0.2, 0.25) is 0 Å². The van der Waals surface area contributed by atoms with E-state index in [0.717, 1.165) is 0 Å². The van der Waals surface area contributed by atoms with Crippen molar-refractivity contribution in [3.05, 3.63) is 28.2 Å². The van der Waals surface area contributed by atoms with Crippen molar-refractivity contribution in [1.29, 1.82) is 0 Å². The largest absolute Gasteiger partial charge is 0.333 e. The Morgan fingerprint density at radius 2 is 2.27 bits per heavy atom. The minimum absolute atomic E-state index is 0.200. The summed E-state index contributed by atoms with van der Waals surface area (Å²) >= 11 is 0. The molecule has 6 nitrogen and oxygen atoms in total. The molecule has 0 bridgehead atoms. The lowest BCUT2D eigenvalue weighted by Gasteiger charge is -2.45. The first-order chi connectivity index (χ1) is 6.98. The van der Waals surface area contributed by atoms with Gasteiger partial charge in [-0.05, 0) is 13.0 Å². The monoisotopic (exact) mass is 208 g/mol. The number of amides is 1. The Morgan fingerprint density at radius 3 is 2.73 bits per heavy atom. The second-order valence-electron chi connectivity index (χ2n) is 4.12. The predicted molar refractivity (Wildman–Crippen MR) is 53.4 cm³/mol. The maximum atomic E-state index is 11.7. The molecule has 80 valence electrons. The van der Waals surface area contributed by atoms with Gasteiger partial charge in [0, 0.05) is 24.7 Å². The van der Waals surface area contributed by atoms with Crippen molar-refractivity contribution in [3.63, 3.8) is 0 Å². The van der Waals surface area contributed by atoms with Crippen molar-refractivity contribution in [2.45, 2.75) is 12.5 Å². The maximum Gasteiger partial charge on any atom is 0.274 e. The van der Waals surface area contributed by atoms with E-state index in [2.05, 4.69) is 10.2 Å². The number of carbonyl (C=O) groups excluding carboxylic acids is 1. The van der Waals surface area contributed by atoms with Gasteiger partial charge in [0.25, 0.3) is 11.5 Å². The fourth-order valence-corrected chi connectivity index (χ4v) is 1.59. The number of hydrogen-bond donors (Lipinski definition) is 2. The quantitative estimate of drug-likeness (QED) is 0.615. The molecule has 1 aliphatic rings. The van der Waals surface area contributed by atoms with Crippen LogP contribution in [-0.2, 0) is 0 Å². The lowest BCUT2D eigenvalue weighted by molar-refractivity contribution is 0.0446. The van der Waals surface area contributed by atoms with Gasteiger partial charge in [0.1, 0.15) is 5.69 Å². The van der Waals surface area contributed by atoms with Gasteiger partial charge in [-0.25, -0.2) is 5.10 Å². The molecule has 3 N–H and O–H groups in total. The Labute approximate surface area is 86.1 Å². The third-order valence-corrected chi connectivity index (χ3v) is 2.29. The highest BCUT2D eigenvalue weighted by Crippen LogP contribution is 2.18. The maximum absolute atomic E-state index is 11.7. The first-order valence-corrected chi connectivity index (χ1v) is 4.62. The molecule has 0 aliphatic carbocycles. The molecular weight excluding hydrogens is 196 g/mol. The number of nitrogens with two attached hydrogens (primary N) is 1. The summed E-state index contributed by atoms with van der Waals surface area (Å²) in [6.45, 7) is 2.93. The van der Waals surface area contributed by atoms with E-state index in [-0.39, 0.29) is 22.7 Å². The molecule has 0 unspecified atom stereocenters. The van der Waals surface area contributed by atoms with Crippen molar-refractivity contribution >= 4 is 5.91 Å². The molecule has 0 radical (unpaired) electrons. The molecule has 0 aromatic carbocycles. The first kappa shape index (κ1) is 9.85. The Morgan fingerprint density at radius 1 is 1.60 bits per heavy atom. The minimum Gasteiger partial charge on any atom is -0.333 e. The molecule has 1 amide bonds. The minimum atomic E-state index is -0.321. The third-order valence-electron chi connectivity index (χ3n) is 2.29. The van der Waals surface area contributed by atoms with Crippen molar-refractivity contribution < 1.29 is 4.79 Å². The predicted octanol–water partition coefficient (Wildman–Crippen LogP) is -1.06. The van der Waals surface area contributed by atoms with Crippen molar-refractivity contribution in [2.24, 2.45) is 5.73 Å². The van der Waals surface area contributed by atoms with E-state index >= 15 is 0 Å². The van der Waals surface area contributed by atoms with Gasteiger partial charge in [-0.2, -0.15) is 5.10 Å². The van der Waals surface area contributed by atoms with Crippen LogP contribution < -0.4 is 11.3 Å². The van der Waals surface area contributed by atoms with Crippen LogP contribution in [-0.4, -0.2) is 39.6 Å². The molecule has 1 fully saturated rings. The standard InChI is InChI=1S/C9H12N4O2/c1-9(10)4-13(5-9)8(15)6-2-3-7(14)12-11-6/h2-3H,4-5,10H2,1H3,(H,12,14). The summed E-state index contributed by atoms with van der Waals surface area (Å²) in [5.74, 6) is -0.200. The molecule has 0 saturated carbocycles. The van der Waals surface area contributed by atoms with E-state index in [9.17, 15) is 9.59 Å². The first-order valence-electron chi connectivity index (χ1n) is 4.62. The van der Waals surface area contributed by atoms with Crippen LogP contribution in [0.15, 0.2) is 16.9 Å². The molecule has 1 aliphatic heterocycles. The number of rotatable bonds is 1. The van der Waals surface area contributed by atoms with E-state index in [1.165, 1.54) is 12.1 Å². The van der Waals surface area contributed by atoms with Gasteiger partial charge in [0.15, 0.2) is 0 Å². The summed E-state index contributed by atoms with van der Waals surface area (Å²) in [7, 11) is 0. The average molecular weight is 208 g/mol. The molecule has 1 aromatic heterocycles. The van der Waals surface area contributed by atoms with Gasteiger partial charge < -0.3 is 10.6 Å². The van der Waals surface area contributed by atoms with Crippen LogP contribution >= 0.6 is 0 Å². The molecule has 15 heavy (non-hydrogen) atoms. The second kappa shape index (κ2) is 3.16. The highest BCUT2D eigenvalue weighted by molar-refractivity contribution is 5.92. The van der Waals surface area contributed by atoms with E-state index in [1.54, 1.807) is 4.90 Å². The Kier molecular flexibility index (Phi) is 2.08. The van der Waals surface area contributed by atoms with Crippen molar-refractivity contribution in [3.8, 4) is 0 Å². The molecule has 2 heterocycles. The second-order valence-corrected chi connectivity index (χ2v) is 4.12. The van der Waals surface area contributed by atoms with Crippen LogP contribution in [0.3, 0.4) is 0 Å². The molecule has 6 heteroatoms. The number of nitrogens with one attached hydrogen (secondary N) is 1. The number of likely N-dealkylation sites (tertiary alicyclic amines) is 1. The Balaban J connectivity index is 2.10. The van der Waals surface area contributed by atoms with E-state index < -0.39 is 0 Å². The van der Waals surface area contributed by atoms with Gasteiger partial charge in [-0.15, -0.1) is 0 Å². The summed E-state index contributed by atoms with van der Waals surface area (Å²) in [4.78, 5) is 24.0. The van der Waals surface area contributed by atoms with Crippen LogP contribution in [0.25, 0.3) is 0 Å². The average Bonchev–Trinajstić information content (AvgIpc) is 2.14. The van der Waals surface area contributed by atoms with E-state index in [4.69, 9.17) is 5.73 Å². The molecule has 1 aromatic rings. The molecule has 2 rings (SSSR count). The highest BCUT2D eigenvalue weighted by atomic mass is 16.2. The van der Waals surface area contributed by atoms with Gasteiger partial charge in [-0.1, -0.05) is 0 Å². The number of aromatic amines is 1. The topological polar surface area (TPSA) is 92.1 Å². The lowest BCUT2D eigenvalue weighted by Crippen LogP contribution is -2.66. The van der Waals surface area contributed by atoms with Gasteiger partial charge >= 0.3 is 0 Å². The zero-order chi connectivity index (χ0) is 11.1. The van der Waals surface area contributed by atoms with Crippen LogP contribution in [0.4, 0.5) is 0 Å². The number of aromatic nitrogens is 2. The SMILES string of the molecule is CC1(N)CN(C(=O)c2ccc(=O)[nH]n2)C1. The lowest BCUT2D eigenvalue weighted by atomic mass is 9.93. The van der Waals surface area contributed by atoms with Gasteiger partial charge in [0.05, 0.1) is 0 Å². The Bertz CT molecular complexity index is 423. The summed E-state index contributed by atoms with van der Waals surface area (Å²) in [6, 6.07) is 2.69. The van der Waals surface area contributed by atoms with Crippen LogP contribution in [0.5, 0.6) is 0 Å². The zero-order valence-electron chi connectivity index (χ0n) is 8.36. The molecular formula is C9H12N4O2. The highest BCUT2D eigenvalue weighted by Gasteiger charge is 2.38. The fraction of sp³-hybridized carbons (Fsp3) is 0.444. The molecule has 0 atom stereocenters. The van der Waals surface area contributed by atoms with Crippen LogP contribution in [0, 0.1) is 0 Å². The van der Waals surface area contributed by atoms with Crippen molar-refractivity contribution in [1.82, 2.24) is 15.1 Å². The summed E-state index contributed by atoms with van der Waals surface area (Å²) in [6.07, 6.45) is 0. The molecule has 1 saturated heterocycles. The zero-order valence-corrected chi connectivity index (χ0v) is 8.36. The number of carbonyl (C=O) groups is 1. The van der Waals surface area contributed by atoms with Gasteiger partial charge in [0.2, 0.25) is 0 Å². The number of H-pyrrole nitrogens is 1. The normalized spacial score (nSPS) is 18.4.